The van der Waals surface area contributed by atoms with Gasteiger partial charge in [0.15, 0.2) is 0 Å². The number of unbranched alkanes of at least 4 members (excludes halogenated alkanes) is 1. The number of aliphatic hydroxyl groups excluding tert-OH is 1. The molecule has 1 N–H and O–H groups in total. The normalized spacial score (nSPS) is 33.4. The lowest BCUT2D eigenvalue weighted by Crippen LogP contribution is -2.34. The van der Waals surface area contributed by atoms with E-state index in [2.05, 4.69) is 27.7 Å². The van der Waals surface area contributed by atoms with Gasteiger partial charge in [-0.1, -0.05) is 53.4 Å². The first-order valence-electron chi connectivity index (χ1n) is 7.78. The van der Waals surface area contributed by atoms with Crippen molar-refractivity contribution in [1.82, 2.24) is 0 Å². The summed E-state index contributed by atoms with van der Waals surface area (Å²) in [4.78, 5) is 0. The van der Waals surface area contributed by atoms with Crippen molar-refractivity contribution >= 4 is 0 Å². The third-order valence-electron chi connectivity index (χ3n) is 5.06. The van der Waals surface area contributed by atoms with E-state index < -0.39 is 0 Å². The third-order valence-corrected chi connectivity index (χ3v) is 5.06. The van der Waals surface area contributed by atoms with Gasteiger partial charge in [0.05, 0.1) is 6.10 Å². The molecule has 0 aliphatic heterocycles. The summed E-state index contributed by atoms with van der Waals surface area (Å²) < 4.78 is 0. The van der Waals surface area contributed by atoms with Crippen LogP contribution in [0, 0.1) is 23.7 Å². The van der Waals surface area contributed by atoms with Crippen LogP contribution in [0.15, 0.2) is 0 Å². The molecule has 0 amide bonds. The van der Waals surface area contributed by atoms with E-state index in [0.29, 0.717) is 11.8 Å². The molecule has 1 aliphatic rings. The molecule has 0 bridgehead atoms. The molecule has 102 valence electrons. The van der Waals surface area contributed by atoms with Gasteiger partial charge in [-0.3, -0.25) is 0 Å². The molecule has 0 heterocycles. The van der Waals surface area contributed by atoms with Crippen LogP contribution >= 0.6 is 0 Å². The van der Waals surface area contributed by atoms with Crippen LogP contribution < -0.4 is 0 Å². The molecule has 1 rings (SSSR count). The van der Waals surface area contributed by atoms with E-state index >= 15 is 0 Å². The molecule has 0 aromatic rings. The summed E-state index contributed by atoms with van der Waals surface area (Å²) in [5.74, 6) is 2.77. The van der Waals surface area contributed by atoms with Gasteiger partial charge in [0.1, 0.15) is 0 Å². The molecule has 5 atom stereocenters. The van der Waals surface area contributed by atoms with E-state index in [-0.39, 0.29) is 6.10 Å². The number of aliphatic hydroxyl groups is 1. The predicted octanol–water partition coefficient (Wildman–Crippen LogP) is 4.64. The van der Waals surface area contributed by atoms with Crippen molar-refractivity contribution < 1.29 is 5.11 Å². The van der Waals surface area contributed by atoms with Gasteiger partial charge < -0.3 is 5.11 Å². The zero-order valence-corrected chi connectivity index (χ0v) is 12.3. The number of hydrogen-bond donors (Lipinski definition) is 1. The molecule has 0 saturated heterocycles. The highest BCUT2D eigenvalue weighted by atomic mass is 16.3. The Hall–Kier alpha value is -0.0400. The Morgan fingerprint density at radius 2 is 1.82 bits per heavy atom. The van der Waals surface area contributed by atoms with Crippen molar-refractivity contribution in [2.45, 2.75) is 78.7 Å². The molecule has 0 aromatic carbocycles. The fourth-order valence-corrected chi connectivity index (χ4v) is 3.37. The molecule has 1 fully saturated rings. The van der Waals surface area contributed by atoms with Crippen molar-refractivity contribution in [3.8, 4) is 0 Å². The minimum Gasteiger partial charge on any atom is -0.393 e. The molecular weight excluding hydrogens is 208 g/mol. The molecular formula is C16H32O. The topological polar surface area (TPSA) is 20.2 Å². The van der Waals surface area contributed by atoms with E-state index in [9.17, 15) is 5.11 Å². The quantitative estimate of drug-likeness (QED) is 0.717. The fraction of sp³-hybridized carbons (Fsp3) is 1.00. The largest absolute Gasteiger partial charge is 0.393 e. The zero-order valence-electron chi connectivity index (χ0n) is 12.3. The highest BCUT2D eigenvalue weighted by molar-refractivity contribution is 4.83. The minimum atomic E-state index is -0.0403. The summed E-state index contributed by atoms with van der Waals surface area (Å²) >= 11 is 0. The third kappa shape index (κ3) is 4.28. The maximum absolute atomic E-state index is 10.6. The van der Waals surface area contributed by atoms with Crippen LogP contribution in [0.2, 0.25) is 0 Å². The second-order valence-electron chi connectivity index (χ2n) is 6.33. The Bertz CT molecular complexity index is 202. The Morgan fingerprint density at radius 3 is 2.35 bits per heavy atom. The summed E-state index contributed by atoms with van der Waals surface area (Å²) in [7, 11) is 0. The summed E-state index contributed by atoms with van der Waals surface area (Å²) in [5.41, 5.74) is 0. The SMILES string of the molecule is CCCCC(CC)C(O)C1CCC(C)C(C)C1. The highest BCUT2D eigenvalue weighted by Crippen LogP contribution is 2.38. The van der Waals surface area contributed by atoms with Gasteiger partial charge in [-0.15, -0.1) is 0 Å². The van der Waals surface area contributed by atoms with Crippen LogP contribution in [-0.2, 0) is 0 Å². The molecule has 1 saturated carbocycles. The first kappa shape index (κ1) is 15.0. The first-order chi connectivity index (χ1) is 8.10. The maximum atomic E-state index is 10.6. The van der Waals surface area contributed by atoms with Gasteiger partial charge in [0, 0.05) is 0 Å². The molecule has 0 spiro atoms. The molecule has 17 heavy (non-hydrogen) atoms. The van der Waals surface area contributed by atoms with Gasteiger partial charge in [0.2, 0.25) is 0 Å². The van der Waals surface area contributed by atoms with Gasteiger partial charge in [-0.2, -0.15) is 0 Å². The smallest absolute Gasteiger partial charge is 0.0596 e. The summed E-state index contributed by atoms with van der Waals surface area (Å²) in [6.07, 6.45) is 8.64. The summed E-state index contributed by atoms with van der Waals surface area (Å²) in [5, 5.41) is 10.6. The lowest BCUT2D eigenvalue weighted by atomic mass is 9.71. The van der Waals surface area contributed by atoms with Crippen LogP contribution in [0.4, 0.5) is 0 Å². The van der Waals surface area contributed by atoms with Crippen LogP contribution in [-0.4, -0.2) is 11.2 Å². The van der Waals surface area contributed by atoms with E-state index in [1.807, 2.05) is 0 Å². The van der Waals surface area contributed by atoms with E-state index in [0.717, 1.165) is 18.3 Å². The van der Waals surface area contributed by atoms with Gasteiger partial charge >= 0.3 is 0 Å². The van der Waals surface area contributed by atoms with E-state index in [4.69, 9.17) is 0 Å². The van der Waals surface area contributed by atoms with Crippen molar-refractivity contribution in [3.63, 3.8) is 0 Å². The molecule has 1 heteroatoms. The average Bonchev–Trinajstić information content (AvgIpc) is 2.33. The lowest BCUT2D eigenvalue weighted by molar-refractivity contribution is 0.00925. The number of hydrogen-bond acceptors (Lipinski definition) is 1. The Balaban J connectivity index is 2.46. The minimum absolute atomic E-state index is 0.0403. The van der Waals surface area contributed by atoms with Crippen LogP contribution in [0.3, 0.4) is 0 Å². The van der Waals surface area contributed by atoms with E-state index in [1.165, 1.54) is 38.5 Å². The molecule has 1 aliphatic carbocycles. The molecule has 5 unspecified atom stereocenters. The predicted molar refractivity (Wildman–Crippen MR) is 75.0 cm³/mol. The Labute approximate surface area is 108 Å². The maximum Gasteiger partial charge on any atom is 0.0596 e. The lowest BCUT2D eigenvalue weighted by Gasteiger charge is -2.37. The average molecular weight is 240 g/mol. The van der Waals surface area contributed by atoms with Crippen molar-refractivity contribution in [2.24, 2.45) is 23.7 Å². The second kappa shape index (κ2) is 7.41. The Morgan fingerprint density at radius 1 is 1.12 bits per heavy atom. The van der Waals surface area contributed by atoms with Crippen molar-refractivity contribution in [2.75, 3.05) is 0 Å². The molecule has 0 aromatic heterocycles. The van der Waals surface area contributed by atoms with Crippen LogP contribution in [0.5, 0.6) is 0 Å². The monoisotopic (exact) mass is 240 g/mol. The Kier molecular flexibility index (Phi) is 6.54. The standard InChI is InChI=1S/C16H32O/c1-5-7-8-14(6-2)16(17)15-10-9-12(3)13(4)11-15/h12-17H,5-11H2,1-4H3. The molecule has 0 radical (unpaired) electrons. The van der Waals surface area contributed by atoms with E-state index in [1.54, 1.807) is 0 Å². The highest BCUT2D eigenvalue weighted by Gasteiger charge is 2.32. The molecule has 1 nitrogen and oxygen atoms in total. The van der Waals surface area contributed by atoms with Crippen LogP contribution in [0.1, 0.15) is 72.6 Å². The van der Waals surface area contributed by atoms with Crippen molar-refractivity contribution in [1.29, 1.82) is 0 Å². The summed E-state index contributed by atoms with van der Waals surface area (Å²) in [6, 6.07) is 0. The van der Waals surface area contributed by atoms with Crippen molar-refractivity contribution in [3.05, 3.63) is 0 Å². The second-order valence-corrected chi connectivity index (χ2v) is 6.33. The zero-order chi connectivity index (χ0) is 12.8. The fourth-order valence-electron chi connectivity index (χ4n) is 3.37. The van der Waals surface area contributed by atoms with Gasteiger partial charge in [0.25, 0.3) is 0 Å². The first-order valence-corrected chi connectivity index (χ1v) is 7.78. The summed E-state index contributed by atoms with van der Waals surface area (Å²) in [6.45, 7) is 9.19. The van der Waals surface area contributed by atoms with Gasteiger partial charge in [-0.05, 0) is 42.9 Å². The van der Waals surface area contributed by atoms with Crippen LogP contribution in [0.25, 0.3) is 0 Å². The van der Waals surface area contributed by atoms with Gasteiger partial charge in [-0.25, -0.2) is 0 Å². The number of rotatable bonds is 6.